The van der Waals surface area contributed by atoms with E-state index in [0.29, 0.717) is 27.4 Å². The van der Waals surface area contributed by atoms with Gasteiger partial charge in [0.15, 0.2) is 5.11 Å². The molecule has 1 aromatic rings. The Hall–Kier alpha value is -0.770. The molecule has 0 aliphatic heterocycles. The van der Waals surface area contributed by atoms with E-state index < -0.39 is 0 Å². The largest absolute Gasteiger partial charge is 0.359 e. The van der Waals surface area contributed by atoms with Gasteiger partial charge in [0.25, 0.3) is 0 Å². The Labute approximate surface area is 104 Å². The van der Waals surface area contributed by atoms with Gasteiger partial charge in [-0.3, -0.25) is 0 Å². The van der Waals surface area contributed by atoms with Crippen molar-refractivity contribution in [1.82, 2.24) is 5.32 Å². The summed E-state index contributed by atoms with van der Waals surface area (Å²) >= 11 is 16.9. The van der Waals surface area contributed by atoms with Gasteiger partial charge in [0, 0.05) is 6.54 Å². The summed E-state index contributed by atoms with van der Waals surface area (Å²) in [5.41, 5.74) is 0.613. The maximum absolute atomic E-state index is 5.95. The lowest BCUT2D eigenvalue weighted by Gasteiger charge is -2.11. The third kappa shape index (κ3) is 3.70. The summed E-state index contributed by atoms with van der Waals surface area (Å²) in [5, 5.41) is 7.37. The minimum Gasteiger partial charge on any atom is -0.359 e. The van der Waals surface area contributed by atoms with Crippen LogP contribution in [0.2, 0.25) is 10.0 Å². The second-order valence-corrected chi connectivity index (χ2v) is 3.94. The number of nitrogens with one attached hydrogen (secondary N) is 2. The van der Waals surface area contributed by atoms with Gasteiger partial charge >= 0.3 is 0 Å². The highest BCUT2D eigenvalue weighted by Gasteiger charge is 2.05. The standard InChI is InChI=1S/C10H10Cl2N2S/c1-2-6-13-10(15)14-9-7(11)4-3-5-8(9)12/h2-5H,1,6H2,(H2,13,14,15). The fourth-order valence-corrected chi connectivity index (χ4v) is 1.62. The minimum atomic E-state index is 0.463. The first-order valence-corrected chi connectivity index (χ1v) is 5.41. The quantitative estimate of drug-likeness (QED) is 0.643. The van der Waals surface area contributed by atoms with Crippen LogP contribution in [0, 0.1) is 0 Å². The van der Waals surface area contributed by atoms with Gasteiger partial charge in [0.1, 0.15) is 0 Å². The molecule has 0 aliphatic rings. The van der Waals surface area contributed by atoms with E-state index in [0.717, 1.165) is 0 Å². The van der Waals surface area contributed by atoms with E-state index in [4.69, 9.17) is 35.4 Å². The van der Waals surface area contributed by atoms with Gasteiger partial charge in [-0.05, 0) is 24.4 Å². The van der Waals surface area contributed by atoms with Crippen LogP contribution in [0.15, 0.2) is 30.9 Å². The molecule has 0 spiro atoms. The second-order valence-electron chi connectivity index (χ2n) is 2.72. The summed E-state index contributed by atoms with van der Waals surface area (Å²) in [5.74, 6) is 0. The molecule has 2 nitrogen and oxygen atoms in total. The zero-order valence-electron chi connectivity index (χ0n) is 7.89. The van der Waals surface area contributed by atoms with Crippen molar-refractivity contribution in [2.45, 2.75) is 0 Å². The van der Waals surface area contributed by atoms with Crippen LogP contribution in [0.25, 0.3) is 0 Å². The molecule has 0 radical (unpaired) electrons. The van der Waals surface area contributed by atoms with E-state index in [1.807, 2.05) is 0 Å². The average Bonchev–Trinajstić information content (AvgIpc) is 2.21. The Morgan fingerprint density at radius 3 is 2.53 bits per heavy atom. The molecule has 0 atom stereocenters. The topological polar surface area (TPSA) is 24.1 Å². The summed E-state index contributed by atoms with van der Waals surface area (Å²) in [6.07, 6.45) is 1.71. The molecule has 0 saturated heterocycles. The first-order valence-electron chi connectivity index (χ1n) is 4.25. The maximum Gasteiger partial charge on any atom is 0.171 e. The number of para-hydroxylation sites is 1. The van der Waals surface area contributed by atoms with E-state index >= 15 is 0 Å². The Balaban J connectivity index is 2.71. The SMILES string of the molecule is C=CCNC(=S)Nc1c(Cl)cccc1Cl. The molecule has 0 bridgehead atoms. The Morgan fingerprint density at radius 2 is 2.00 bits per heavy atom. The highest BCUT2D eigenvalue weighted by atomic mass is 35.5. The predicted molar refractivity (Wildman–Crippen MR) is 70.9 cm³/mol. The van der Waals surface area contributed by atoms with E-state index in [9.17, 15) is 0 Å². The number of hydrogen-bond acceptors (Lipinski definition) is 1. The van der Waals surface area contributed by atoms with Crippen LogP contribution in [-0.4, -0.2) is 11.7 Å². The molecule has 0 saturated carbocycles. The van der Waals surface area contributed by atoms with Gasteiger partial charge in [-0.25, -0.2) is 0 Å². The number of benzene rings is 1. The van der Waals surface area contributed by atoms with Gasteiger partial charge in [-0.1, -0.05) is 35.3 Å². The van der Waals surface area contributed by atoms with Crippen LogP contribution in [0.5, 0.6) is 0 Å². The maximum atomic E-state index is 5.95. The molecule has 0 fully saturated rings. The van der Waals surface area contributed by atoms with Crippen LogP contribution >= 0.6 is 35.4 Å². The molecule has 1 aromatic carbocycles. The minimum absolute atomic E-state index is 0.463. The Morgan fingerprint density at radius 1 is 1.40 bits per heavy atom. The third-order valence-electron chi connectivity index (χ3n) is 1.61. The first kappa shape index (κ1) is 12.3. The highest BCUT2D eigenvalue weighted by Crippen LogP contribution is 2.29. The van der Waals surface area contributed by atoms with Crippen molar-refractivity contribution in [3.8, 4) is 0 Å². The molecular weight excluding hydrogens is 251 g/mol. The van der Waals surface area contributed by atoms with Crippen molar-refractivity contribution in [3.63, 3.8) is 0 Å². The predicted octanol–water partition coefficient (Wildman–Crippen LogP) is 3.47. The van der Waals surface area contributed by atoms with Crippen molar-refractivity contribution < 1.29 is 0 Å². The average molecular weight is 261 g/mol. The molecule has 0 unspecified atom stereocenters. The number of halogens is 2. The van der Waals surface area contributed by atoms with E-state index in [2.05, 4.69) is 17.2 Å². The molecule has 0 aliphatic carbocycles. The molecule has 5 heteroatoms. The van der Waals surface area contributed by atoms with Gasteiger partial charge in [-0.15, -0.1) is 6.58 Å². The number of rotatable bonds is 3. The molecule has 0 aromatic heterocycles. The van der Waals surface area contributed by atoms with Crippen LogP contribution in [0.3, 0.4) is 0 Å². The zero-order chi connectivity index (χ0) is 11.3. The van der Waals surface area contributed by atoms with Gasteiger partial charge < -0.3 is 10.6 Å². The molecule has 0 amide bonds. The zero-order valence-corrected chi connectivity index (χ0v) is 10.2. The smallest absolute Gasteiger partial charge is 0.171 e. The molecule has 15 heavy (non-hydrogen) atoms. The van der Waals surface area contributed by atoms with Crippen molar-refractivity contribution in [3.05, 3.63) is 40.9 Å². The number of thiocarbonyl (C=S) groups is 1. The highest BCUT2D eigenvalue weighted by molar-refractivity contribution is 7.80. The van der Waals surface area contributed by atoms with Crippen LogP contribution in [0.4, 0.5) is 5.69 Å². The summed E-state index contributed by atoms with van der Waals surface area (Å²) in [6.45, 7) is 4.16. The van der Waals surface area contributed by atoms with Crippen molar-refractivity contribution >= 4 is 46.2 Å². The second kappa shape index (κ2) is 5.95. The fourth-order valence-electron chi connectivity index (χ4n) is 0.940. The summed E-state index contributed by atoms with van der Waals surface area (Å²) < 4.78 is 0. The summed E-state index contributed by atoms with van der Waals surface area (Å²) in [6, 6.07) is 5.26. The third-order valence-corrected chi connectivity index (χ3v) is 2.48. The summed E-state index contributed by atoms with van der Waals surface area (Å²) in [4.78, 5) is 0. The molecule has 1 rings (SSSR count). The van der Waals surface area contributed by atoms with E-state index in [1.165, 1.54) is 0 Å². The van der Waals surface area contributed by atoms with Gasteiger partial charge in [0.05, 0.1) is 15.7 Å². The Kier molecular flexibility index (Phi) is 4.88. The van der Waals surface area contributed by atoms with Crippen LogP contribution in [0.1, 0.15) is 0 Å². The summed E-state index contributed by atoms with van der Waals surface area (Å²) in [7, 11) is 0. The molecule has 2 N–H and O–H groups in total. The number of hydrogen-bond donors (Lipinski definition) is 2. The normalized spacial score (nSPS) is 9.47. The van der Waals surface area contributed by atoms with Crippen molar-refractivity contribution in [2.75, 3.05) is 11.9 Å². The van der Waals surface area contributed by atoms with Gasteiger partial charge in [-0.2, -0.15) is 0 Å². The van der Waals surface area contributed by atoms with E-state index in [1.54, 1.807) is 24.3 Å². The fraction of sp³-hybridized carbons (Fsp3) is 0.100. The van der Waals surface area contributed by atoms with Crippen LogP contribution < -0.4 is 10.6 Å². The lowest BCUT2D eigenvalue weighted by atomic mass is 10.3. The van der Waals surface area contributed by atoms with E-state index in [-0.39, 0.29) is 0 Å². The lowest BCUT2D eigenvalue weighted by molar-refractivity contribution is 1.06. The monoisotopic (exact) mass is 260 g/mol. The lowest BCUT2D eigenvalue weighted by Crippen LogP contribution is -2.28. The first-order chi connectivity index (χ1) is 7.15. The van der Waals surface area contributed by atoms with Gasteiger partial charge in [0.2, 0.25) is 0 Å². The number of anilines is 1. The molecular formula is C10H10Cl2N2S. The van der Waals surface area contributed by atoms with Crippen molar-refractivity contribution in [1.29, 1.82) is 0 Å². The van der Waals surface area contributed by atoms with Crippen molar-refractivity contribution in [2.24, 2.45) is 0 Å². The molecule has 80 valence electrons. The molecule has 0 heterocycles. The van der Waals surface area contributed by atoms with Crippen LogP contribution in [-0.2, 0) is 0 Å². The Bertz CT molecular complexity index is 359.